The molecule has 0 amide bonds. The first-order chi connectivity index (χ1) is 9.10. The van der Waals surface area contributed by atoms with Gasteiger partial charge in [0.25, 0.3) is 0 Å². The highest BCUT2D eigenvalue weighted by Crippen LogP contribution is 2.35. The predicted octanol–water partition coefficient (Wildman–Crippen LogP) is 4.45. The highest BCUT2D eigenvalue weighted by Gasteiger charge is 2.20. The van der Waals surface area contributed by atoms with E-state index in [-0.39, 0.29) is 6.04 Å². The molecule has 4 heteroatoms. The molecule has 0 aromatic heterocycles. The van der Waals surface area contributed by atoms with E-state index in [0.717, 1.165) is 30.8 Å². The van der Waals surface area contributed by atoms with E-state index in [2.05, 4.69) is 6.92 Å². The lowest BCUT2D eigenvalue weighted by Gasteiger charge is -2.26. The largest absolute Gasteiger partial charge is 0.491 e. The smallest absolute Gasteiger partial charge is 0.141 e. The van der Waals surface area contributed by atoms with E-state index in [0.29, 0.717) is 16.0 Å². The van der Waals surface area contributed by atoms with Gasteiger partial charge in [-0.3, -0.25) is 0 Å². The van der Waals surface area contributed by atoms with E-state index in [9.17, 15) is 0 Å². The highest BCUT2D eigenvalue weighted by atomic mass is 35.5. The summed E-state index contributed by atoms with van der Waals surface area (Å²) in [6.45, 7) is 2.82. The number of hydrogen-bond acceptors (Lipinski definition) is 2. The lowest BCUT2D eigenvalue weighted by Crippen LogP contribution is -2.23. The van der Waals surface area contributed by atoms with Crippen LogP contribution in [-0.2, 0) is 6.42 Å². The van der Waals surface area contributed by atoms with Gasteiger partial charge in [-0.1, -0.05) is 36.5 Å². The van der Waals surface area contributed by atoms with Gasteiger partial charge in [0.15, 0.2) is 0 Å². The van der Waals surface area contributed by atoms with Crippen molar-refractivity contribution in [2.24, 2.45) is 11.7 Å². The Morgan fingerprint density at radius 1 is 1.37 bits per heavy atom. The van der Waals surface area contributed by atoms with Crippen molar-refractivity contribution in [1.29, 1.82) is 0 Å². The van der Waals surface area contributed by atoms with E-state index in [1.54, 1.807) is 6.07 Å². The van der Waals surface area contributed by atoms with Crippen LogP contribution in [0.3, 0.4) is 0 Å². The Bertz CT molecular complexity index is 432. The van der Waals surface area contributed by atoms with Gasteiger partial charge in [-0.15, -0.1) is 0 Å². The molecule has 0 spiro atoms. The molecule has 2 rings (SSSR count). The average molecular weight is 302 g/mol. The molecule has 2 N–H and O–H groups in total. The van der Waals surface area contributed by atoms with Crippen molar-refractivity contribution in [3.05, 3.63) is 27.7 Å². The Labute approximate surface area is 125 Å². The summed E-state index contributed by atoms with van der Waals surface area (Å²) < 4.78 is 5.93. The van der Waals surface area contributed by atoms with E-state index in [4.69, 9.17) is 33.7 Å². The summed E-state index contributed by atoms with van der Waals surface area (Å²) in [5, 5.41) is 1.23. The van der Waals surface area contributed by atoms with Crippen LogP contribution in [-0.4, -0.2) is 12.6 Å². The monoisotopic (exact) mass is 301 g/mol. The highest BCUT2D eigenvalue weighted by molar-refractivity contribution is 6.35. The molecule has 2 nitrogen and oxygen atoms in total. The van der Waals surface area contributed by atoms with Crippen molar-refractivity contribution < 1.29 is 4.74 Å². The summed E-state index contributed by atoms with van der Waals surface area (Å²) in [5.74, 6) is 1.45. The number of hydrogen-bond donors (Lipinski definition) is 1. The number of ether oxygens (including phenoxy) is 1. The summed E-state index contributed by atoms with van der Waals surface area (Å²) in [6, 6.07) is 3.76. The van der Waals surface area contributed by atoms with Gasteiger partial charge in [0, 0.05) is 11.1 Å². The first-order valence-corrected chi connectivity index (χ1v) is 7.72. The van der Waals surface area contributed by atoms with Crippen molar-refractivity contribution >= 4 is 23.2 Å². The van der Waals surface area contributed by atoms with Crippen LogP contribution in [0.25, 0.3) is 0 Å². The van der Waals surface area contributed by atoms with Crippen LogP contribution in [0.2, 0.25) is 10.0 Å². The maximum Gasteiger partial charge on any atom is 0.141 e. The summed E-state index contributed by atoms with van der Waals surface area (Å²) in [4.78, 5) is 0. The quantitative estimate of drug-likeness (QED) is 0.842. The summed E-state index contributed by atoms with van der Waals surface area (Å²) in [5.41, 5.74) is 7.05. The van der Waals surface area contributed by atoms with Crippen molar-refractivity contribution in [1.82, 2.24) is 0 Å². The van der Waals surface area contributed by atoms with Gasteiger partial charge in [-0.2, -0.15) is 0 Å². The minimum atomic E-state index is 0.112. The Hall–Kier alpha value is -0.440. The first-order valence-electron chi connectivity index (χ1n) is 6.96. The van der Waals surface area contributed by atoms with Gasteiger partial charge in [0.2, 0.25) is 0 Å². The van der Waals surface area contributed by atoms with Crippen LogP contribution in [0.15, 0.2) is 12.1 Å². The lowest BCUT2D eigenvalue weighted by atomic mass is 9.86. The Morgan fingerprint density at radius 2 is 2.11 bits per heavy atom. The maximum absolute atomic E-state index is 6.26. The number of halogens is 2. The molecule has 0 heterocycles. The topological polar surface area (TPSA) is 35.2 Å². The van der Waals surface area contributed by atoms with Gasteiger partial charge in [-0.25, -0.2) is 0 Å². The van der Waals surface area contributed by atoms with Crippen LogP contribution < -0.4 is 10.5 Å². The van der Waals surface area contributed by atoms with E-state index in [1.165, 1.54) is 19.3 Å². The number of nitrogens with two attached hydrogens (primary N) is 1. The minimum absolute atomic E-state index is 0.112. The molecule has 1 aromatic rings. The standard InChI is InChI=1S/C15H21Cl2NO/c1-2-13(18)7-11-6-12(16)8-14(17)15(11)19-9-10-4-3-5-10/h6,8,10,13H,2-5,7,9,18H2,1H3. The summed E-state index contributed by atoms with van der Waals surface area (Å²) >= 11 is 12.3. The van der Waals surface area contributed by atoms with E-state index in [1.807, 2.05) is 6.07 Å². The molecule has 0 aliphatic heterocycles. The lowest BCUT2D eigenvalue weighted by molar-refractivity contribution is 0.179. The predicted molar refractivity (Wildman–Crippen MR) is 81.3 cm³/mol. The molecular weight excluding hydrogens is 281 g/mol. The second-order valence-electron chi connectivity index (χ2n) is 5.36. The molecule has 0 saturated heterocycles. The van der Waals surface area contributed by atoms with Crippen molar-refractivity contribution in [2.45, 2.75) is 45.1 Å². The molecule has 1 atom stereocenters. The SMILES string of the molecule is CCC(N)Cc1cc(Cl)cc(Cl)c1OCC1CCC1. The molecule has 106 valence electrons. The van der Waals surface area contributed by atoms with Crippen molar-refractivity contribution in [3.8, 4) is 5.75 Å². The Morgan fingerprint density at radius 3 is 2.68 bits per heavy atom. The fourth-order valence-electron chi connectivity index (χ4n) is 2.21. The Kier molecular flexibility index (Phi) is 5.37. The van der Waals surface area contributed by atoms with E-state index < -0.39 is 0 Å². The van der Waals surface area contributed by atoms with Crippen LogP contribution in [0.4, 0.5) is 0 Å². The second-order valence-corrected chi connectivity index (χ2v) is 6.20. The third-order valence-electron chi connectivity index (χ3n) is 3.78. The molecule has 0 radical (unpaired) electrons. The second kappa shape index (κ2) is 6.83. The minimum Gasteiger partial charge on any atom is -0.491 e. The molecule has 1 aliphatic carbocycles. The maximum atomic E-state index is 6.26. The normalized spacial score (nSPS) is 17.1. The number of benzene rings is 1. The summed E-state index contributed by atoms with van der Waals surface area (Å²) in [7, 11) is 0. The van der Waals surface area contributed by atoms with Crippen molar-refractivity contribution in [2.75, 3.05) is 6.61 Å². The fraction of sp³-hybridized carbons (Fsp3) is 0.600. The van der Waals surface area contributed by atoms with Crippen LogP contribution in [0.1, 0.15) is 38.2 Å². The van der Waals surface area contributed by atoms with Crippen LogP contribution in [0, 0.1) is 5.92 Å². The zero-order valence-electron chi connectivity index (χ0n) is 11.3. The van der Waals surface area contributed by atoms with Gasteiger partial charge in [0.1, 0.15) is 5.75 Å². The molecule has 1 unspecified atom stereocenters. The molecular formula is C15H21Cl2NO. The zero-order chi connectivity index (χ0) is 13.8. The number of rotatable bonds is 6. The van der Waals surface area contributed by atoms with Crippen LogP contribution in [0.5, 0.6) is 5.75 Å². The molecule has 1 saturated carbocycles. The third kappa shape index (κ3) is 4.01. The third-order valence-corrected chi connectivity index (χ3v) is 4.28. The summed E-state index contributed by atoms with van der Waals surface area (Å²) in [6.07, 6.45) is 5.50. The molecule has 1 aromatic carbocycles. The molecule has 0 bridgehead atoms. The molecule has 19 heavy (non-hydrogen) atoms. The van der Waals surface area contributed by atoms with Crippen LogP contribution >= 0.6 is 23.2 Å². The van der Waals surface area contributed by atoms with Gasteiger partial charge in [-0.05, 0) is 49.3 Å². The molecule has 1 aliphatic rings. The zero-order valence-corrected chi connectivity index (χ0v) is 12.8. The van der Waals surface area contributed by atoms with Gasteiger partial charge >= 0.3 is 0 Å². The van der Waals surface area contributed by atoms with Crippen molar-refractivity contribution in [3.63, 3.8) is 0 Å². The molecule has 1 fully saturated rings. The van der Waals surface area contributed by atoms with Gasteiger partial charge < -0.3 is 10.5 Å². The first kappa shape index (κ1) is 15.0. The van der Waals surface area contributed by atoms with Gasteiger partial charge in [0.05, 0.1) is 11.6 Å². The Balaban J connectivity index is 2.12. The fourth-order valence-corrected chi connectivity index (χ4v) is 2.80. The van der Waals surface area contributed by atoms with E-state index >= 15 is 0 Å². The average Bonchev–Trinajstić information content (AvgIpc) is 2.29.